The average molecular weight is 389 g/mol. The summed E-state index contributed by atoms with van der Waals surface area (Å²) < 4.78 is 10.6. The van der Waals surface area contributed by atoms with Crippen molar-refractivity contribution in [3.05, 3.63) is 102 Å². The van der Waals surface area contributed by atoms with Crippen LogP contribution in [0.2, 0.25) is 0 Å². The molecule has 0 heterocycles. The minimum absolute atomic E-state index is 0.342. The lowest BCUT2D eigenvalue weighted by atomic mass is 10.1. The van der Waals surface area contributed by atoms with Crippen molar-refractivity contribution < 1.29 is 19.1 Å². The van der Waals surface area contributed by atoms with Crippen LogP contribution in [0.1, 0.15) is 21.5 Å². The van der Waals surface area contributed by atoms with Crippen molar-refractivity contribution >= 4 is 11.9 Å². The summed E-state index contributed by atoms with van der Waals surface area (Å²) in [7, 11) is 1.31. The smallest absolute Gasteiger partial charge is 0.328 e. The Bertz CT molecular complexity index is 924. The van der Waals surface area contributed by atoms with Gasteiger partial charge in [-0.2, -0.15) is 0 Å². The maximum absolute atomic E-state index is 12.6. The molecule has 148 valence electrons. The first-order valence-corrected chi connectivity index (χ1v) is 9.35. The molecule has 1 N–H and O–H groups in total. The fraction of sp³-hybridized carbons (Fsp3) is 0.167. The molecule has 29 heavy (non-hydrogen) atoms. The number of hydrogen-bond acceptors (Lipinski definition) is 4. The van der Waals surface area contributed by atoms with Crippen molar-refractivity contribution in [2.45, 2.75) is 19.1 Å². The first-order chi connectivity index (χ1) is 14.2. The molecule has 0 saturated carbocycles. The molecular formula is C24H23NO4. The maximum Gasteiger partial charge on any atom is 0.328 e. The van der Waals surface area contributed by atoms with Crippen LogP contribution in [0.5, 0.6) is 5.75 Å². The number of rotatable bonds is 8. The molecule has 0 fully saturated rings. The minimum atomic E-state index is -0.760. The number of esters is 1. The van der Waals surface area contributed by atoms with E-state index in [1.807, 2.05) is 60.7 Å². The Kier molecular flexibility index (Phi) is 7.00. The van der Waals surface area contributed by atoms with E-state index in [2.05, 4.69) is 5.32 Å². The van der Waals surface area contributed by atoms with Crippen LogP contribution in [0.4, 0.5) is 0 Å². The third kappa shape index (κ3) is 5.94. The third-order valence-corrected chi connectivity index (χ3v) is 4.44. The van der Waals surface area contributed by atoms with E-state index in [4.69, 9.17) is 9.47 Å². The van der Waals surface area contributed by atoms with E-state index >= 15 is 0 Å². The number of benzene rings is 3. The summed E-state index contributed by atoms with van der Waals surface area (Å²) in [5.41, 5.74) is 2.45. The topological polar surface area (TPSA) is 64.6 Å². The molecule has 0 aliphatic rings. The first kappa shape index (κ1) is 20.1. The molecule has 0 spiro atoms. The van der Waals surface area contributed by atoms with E-state index in [1.54, 1.807) is 24.3 Å². The van der Waals surface area contributed by atoms with Crippen molar-refractivity contribution in [1.29, 1.82) is 0 Å². The van der Waals surface area contributed by atoms with Gasteiger partial charge in [-0.15, -0.1) is 0 Å². The number of carbonyl (C=O) groups excluding carboxylic acids is 2. The summed E-state index contributed by atoms with van der Waals surface area (Å²) in [5, 5.41) is 2.76. The lowest BCUT2D eigenvalue weighted by Crippen LogP contribution is -2.43. The van der Waals surface area contributed by atoms with Crippen molar-refractivity contribution in [3.8, 4) is 5.75 Å². The molecule has 3 rings (SSSR count). The van der Waals surface area contributed by atoms with Crippen LogP contribution in [-0.2, 0) is 22.6 Å². The SMILES string of the molecule is COC(=O)[C@H](Cc1ccccc1)NC(=O)c1ccc(OCc2ccccc2)cc1. The molecule has 0 unspecified atom stereocenters. The van der Waals surface area contributed by atoms with Crippen LogP contribution in [-0.4, -0.2) is 25.0 Å². The highest BCUT2D eigenvalue weighted by Crippen LogP contribution is 2.15. The van der Waals surface area contributed by atoms with Gasteiger partial charge in [0.15, 0.2) is 0 Å². The molecule has 3 aromatic rings. The third-order valence-electron chi connectivity index (χ3n) is 4.44. The van der Waals surface area contributed by atoms with Crippen molar-refractivity contribution in [2.24, 2.45) is 0 Å². The average Bonchev–Trinajstić information content (AvgIpc) is 2.78. The molecule has 0 radical (unpaired) electrons. The zero-order valence-electron chi connectivity index (χ0n) is 16.2. The van der Waals surface area contributed by atoms with Crippen molar-refractivity contribution in [1.82, 2.24) is 5.32 Å². The largest absolute Gasteiger partial charge is 0.489 e. The van der Waals surface area contributed by atoms with Gasteiger partial charge in [0.25, 0.3) is 5.91 Å². The quantitative estimate of drug-likeness (QED) is 0.596. The zero-order chi connectivity index (χ0) is 20.5. The number of nitrogens with one attached hydrogen (secondary N) is 1. The van der Waals surface area contributed by atoms with Gasteiger partial charge >= 0.3 is 5.97 Å². The second-order valence-electron chi connectivity index (χ2n) is 6.54. The van der Waals surface area contributed by atoms with Gasteiger partial charge in [0, 0.05) is 12.0 Å². The van der Waals surface area contributed by atoms with Gasteiger partial charge in [0.2, 0.25) is 0 Å². The lowest BCUT2D eigenvalue weighted by Gasteiger charge is -2.17. The lowest BCUT2D eigenvalue weighted by molar-refractivity contribution is -0.142. The van der Waals surface area contributed by atoms with Crippen LogP contribution < -0.4 is 10.1 Å². The Labute approximate surface area is 170 Å². The molecule has 0 bridgehead atoms. The van der Waals surface area contributed by atoms with Gasteiger partial charge in [-0.05, 0) is 35.4 Å². The maximum atomic E-state index is 12.6. The van der Waals surface area contributed by atoms with Crippen LogP contribution >= 0.6 is 0 Å². The van der Waals surface area contributed by atoms with E-state index in [-0.39, 0.29) is 5.91 Å². The second kappa shape index (κ2) is 10.1. The highest BCUT2D eigenvalue weighted by molar-refractivity contribution is 5.96. The molecule has 0 aliphatic carbocycles. The van der Waals surface area contributed by atoms with Gasteiger partial charge in [-0.25, -0.2) is 4.79 Å². The molecule has 3 aromatic carbocycles. The molecule has 1 amide bonds. The fourth-order valence-electron chi connectivity index (χ4n) is 2.87. The van der Waals surface area contributed by atoms with Crippen LogP contribution in [0.15, 0.2) is 84.9 Å². The summed E-state index contributed by atoms with van der Waals surface area (Å²) in [5.74, 6) is -0.157. The monoisotopic (exact) mass is 389 g/mol. The van der Waals surface area contributed by atoms with Gasteiger partial charge in [-0.1, -0.05) is 60.7 Å². The summed E-state index contributed by atoms with van der Waals surface area (Å²) in [6, 6.07) is 25.4. The van der Waals surface area contributed by atoms with Gasteiger partial charge < -0.3 is 14.8 Å². The summed E-state index contributed by atoms with van der Waals surface area (Å²) in [6.45, 7) is 0.452. The molecule has 5 nitrogen and oxygen atoms in total. The minimum Gasteiger partial charge on any atom is -0.489 e. The fourth-order valence-corrected chi connectivity index (χ4v) is 2.87. The number of amides is 1. The Hall–Kier alpha value is -3.60. The number of carbonyl (C=O) groups is 2. The summed E-state index contributed by atoms with van der Waals surface area (Å²) in [4.78, 5) is 24.7. The van der Waals surface area contributed by atoms with Gasteiger partial charge in [0.1, 0.15) is 18.4 Å². The normalized spacial score (nSPS) is 11.3. The highest BCUT2D eigenvalue weighted by Gasteiger charge is 2.22. The van der Waals surface area contributed by atoms with E-state index in [9.17, 15) is 9.59 Å². The molecule has 1 atom stereocenters. The molecule has 5 heteroatoms. The predicted octanol–water partition coefficient (Wildman–Crippen LogP) is 3.78. The molecule has 0 aromatic heterocycles. The first-order valence-electron chi connectivity index (χ1n) is 9.35. The highest BCUT2D eigenvalue weighted by atomic mass is 16.5. The molecule has 0 saturated heterocycles. The standard InChI is InChI=1S/C24H23NO4/c1-28-24(27)22(16-18-8-4-2-5-9-18)25-23(26)20-12-14-21(15-13-20)29-17-19-10-6-3-7-11-19/h2-15,22H,16-17H2,1H3,(H,25,26)/t22-/m0/s1. The van der Waals surface area contributed by atoms with E-state index in [0.29, 0.717) is 24.3 Å². The molecule has 0 aliphatic heterocycles. The van der Waals surface area contributed by atoms with E-state index in [1.165, 1.54) is 7.11 Å². The Balaban J connectivity index is 1.61. The molecular weight excluding hydrogens is 366 g/mol. The van der Waals surface area contributed by atoms with Gasteiger partial charge in [0.05, 0.1) is 7.11 Å². The summed E-state index contributed by atoms with van der Waals surface area (Å²) in [6.07, 6.45) is 0.359. The van der Waals surface area contributed by atoms with E-state index < -0.39 is 12.0 Å². The van der Waals surface area contributed by atoms with Crippen LogP contribution in [0.3, 0.4) is 0 Å². The number of hydrogen-bond donors (Lipinski definition) is 1. The van der Waals surface area contributed by atoms with Crippen LogP contribution in [0, 0.1) is 0 Å². The second-order valence-corrected chi connectivity index (χ2v) is 6.54. The van der Waals surface area contributed by atoms with E-state index in [0.717, 1.165) is 11.1 Å². The Morgan fingerprint density at radius 3 is 2.00 bits per heavy atom. The number of ether oxygens (including phenoxy) is 2. The van der Waals surface area contributed by atoms with Crippen LogP contribution in [0.25, 0.3) is 0 Å². The van der Waals surface area contributed by atoms with Gasteiger partial charge in [-0.3, -0.25) is 4.79 Å². The van der Waals surface area contributed by atoms with Crippen molar-refractivity contribution in [3.63, 3.8) is 0 Å². The summed E-state index contributed by atoms with van der Waals surface area (Å²) >= 11 is 0. The predicted molar refractivity (Wildman–Crippen MR) is 111 cm³/mol. The van der Waals surface area contributed by atoms with Crippen molar-refractivity contribution in [2.75, 3.05) is 7.11 Å². The zero-order valence-corrected chi connectivity index (χ0v) is 16.2. The number of methoxy groups -OCH3 is 1. The Morgan fingerprint density at radius 1 is 0.828 bits per heavy atom. The Morgan fingerprint density at radius 2 is 1.41 bits per heavy atom.